The Morgan fingerprint density at radius 2 is 1.65 bits per heavy atom. The maximum atomic E-state index is 12.9. The fourth-order valence-electron chi connectivity index (χ4n) is 1.98. The molecule has 0 aromatic heterocycles. The average Bonchev–Trinajstić information content (AvgIpc) is 2.47. The molecule has 2 aromatic carbocycles. The van der Waals surface area contributed by atoms with E-state index >= 15 is 0 Å². The zero-order chi connectivity index (χ0) is 17.0. The van der Waals surface area contributed by atoms with Gasteiger partial charge in [-0.3, -0.25) is 4.79 Å². The number of carbonyl (C=O) groups is 2. The highest BCUT2D eigenvalue weighted by Gasteiger charge is 2.21. The molecule has 0 aliphatic rings. The number of amides is 1. The lowest BCUT2D eigenvalue weighted by Gasteiger charge is -2.15. The van der Waals surface area contributed by atoms with Gasteiger partial charge < -0.3 is 10.4 Å². The van der Waals surface area contributed by atoms with E-state index in [1.807, 2.05) is 0 Å². The van der Waals surface area contributed by atoms with Crippen molar-refractivity contribution in [2.45, 2.75) is 12.5 Å². The largest absolute Gasteiger partial charge is 0.480 e. The first-order chi connectivity index (χ1) is 10.8. The minimum Gasteiger partial charge on any atom is -0.480 e. The molecule has 1 amide bonds. The summed E-state index contributed by atoms with van der Waals surface area (Å²) in [6, 6.07) is 9.34. The molecule has 120 valence electrons. The zero-order valence-corrected chi connectivity index (χ0v) is 14.9. The SMILES string of the molecule is O=C(N[C@@H](Cc1ccc(F)cc1)C(=O)O)c1cc(Br)cc(Br)c1. The Morgan fingerprint density at radius 1 is 1.09 bits per heavy atom. The van der Waals surface area contributed by atoms with Crippen molar-refractivity contribution in [3.05, 3.63) is 68.4 Å². The summed E-state index contributed by atoms with van der Waals surface area (Å²) >= 11 is 6.55. The monoisotopic (exact) mass is 443 g/mol. The lowest BCUT2D eigenvalue weighted by Crippen LogP contribution is -2.42. The van der Waals surface area contributed by atoms with Gasteiger partial charge in [-0.1, -0.05) is 44.0 Å². The third-order valence-corrected chi connectivity index (χ3v) is 4.00. The Morgan fingerprint density at radius 3 is 2.17 bits per heavy atom. The van der Waals surface area contributed by atoms with Gasteiger partial charge in [0.05, 0.1) is 0 Å². The first-order valence-corrected chi connectivity index (χ1v) is 8.18. The maximum Gasteiger partial charge on any atom is 0.326 e. The van der Waals surface area contributed by atoms with Crippen LogP contribution in [0.15, 0.2) is 51.4 Å². The predicted molar refractivity (Wildman–Crippen MR) is 90.8 cm³/mol. The molecular formula is C16H12Br2FNO3. The van der Waals surface area contributed by atoms with Crippen LogP contribution in [0, 0.1) is 5.82 Å². The van der Waals surface area contributed by atoms with Crippen molar-refractivity contribution in [3.8, 4) is 0 Å². The summed E-state index contributed by atoms with van der Waals surface area (Å²) in [6.07, 6.45) is 0.0660. The van der Waals surface area contributed by atoms with Gasteiger partial charge in [0.1, 0.15) is 11.9 Å². The van der Waals surface area contributed by atoms with Gasteiger partial charge >= 0.3 is 5.97 Å². The highest BCUT2D eigenvalue weighted by molar-refractivity contribution is 9.11. The van der Waals surface area contributed by atoms with Crippen molar-refractivity contribution in [1.82, 2.24) is 5.32 Å². The Balaban J connectivity index is 2.14. The van der Waals surface area contributed by atoms with Gasteiger partial charge in [-0.05, 0) is 35.9 Å². The van der Waals surface area contributed by atoms with Crippen LogP contribution in [0.5, 0.6) is 0 Å². The summed E-state index contributed by atoms with van der Waals surface area (Å²) in [6.45, 7) is 0. The summed E-state index contributed by atoms with van der Waals surface area (Å²) in [5.74, 6) is -2.05. The van der Waals surface area contributed by atoms with Crippen LogP contribution in [0.3, 0.4) is 0 Å². The van der Waals surface area contributed by atoms with E-state index in [1.54, 1.807) is 18.2 Å². The summed E-state index contributed by atoms with van der Waals surface area (Å²) < 4.78 is 14.3. The molecule has 1 atom stereocenters. The van der Waals surface area contributed by atoms with Gasteiger partial charge in [-0.15, -0.1) is 0 Å². The second-order valence-corrected chi connectivity index (χ2v) is 6.68. The quantitative estimate of drug-likeness (QED) is 0.737. The second kappa shape index (κ2) is 7.70. The molecule has 0 saturated heterocycles. The average molecular weight is 445 g/mol. The van der Waals surface area contributed by atoms with Crippen LogP contribution in [-0.4, -0.2) is 23.0 Å². The van der Waals surface area contributed by atoms with Crippen LogP contribution in [0.4, 0.5) is 4.39 Å². The Kier molecular flexibility index (Phi) is 5.90. The molecule has 4 nitrogen and oxygen atoms in total. The molecule has 0 aliphatic heterocycles. The molecule has 7 heteroatoms. The predicted octanol–water partition coefficient (Wildman–Crippen LogP) is 3.78. The number of carboxylic acids is 1. The molecule has 2 N–H and O–H groups in total. The van der Waals surface area contributed by atoms with Crippen LogP contribution >= 0.6 is 31.9 Å². The highest BCUT2D eigenvalue weighted by atomic mass is 79.9. The first kappa shape index (κ1) is 17.6. The van der Waals surface area contributed by atoms with Crippen molar-refractivity contribution >= 4 is 43.7 Å². The van der Waals surface area contributed by atoms with Gasteiger partial charge in [0.2, 0.25) is 0 Å². The van der Waals surface area contributed by atoms with E-state index in [2.05, 4.69) is 37.2 Å². The van der Waals surface area contributed by atoms with Crippen molar-refractivity contribution < 1.29 is 19.1 Å². The van der Waals surface area contributed by atoms with Gasteiger partial charge in [0.15, 0.2) is 0 Å². The second-order valence-electron chi connectivity index (χ2n) is 4.85. The van der Waals surface area contributed by atoms with Gasteiger partial charge in [-0.25, -0.2) is 9.18 Å². The van der Waals surface area contributed by atoms with E-state index in [9.17, 15) is 19.1 Å². The fraction of sp³-hybridized carbons (Fsp3) is 0.125. The van der Waals surface area contributed by atoms with E-state index in [-0.39, 0.29) is 6.42 Å². The molecule has 2 aromatic rings. The number of halogens is 3. The number of aliphatic carboxylic acids is 1. The summed E-state index contributed by atoms with van der Waals surface area (Å²) in [5.41, 5.74) is 0.950. The number of hydrogen-bond acceptors (Lipinski definition) is 2. The molecular weight excluding hydrogens is 433 g/mol. The molecule has 0 radical (unpaired) electrons. The zero-order valence-electron chi connectivity index (χ0n) is 11.7. The van der Waals surface area contributed by atoms with E-state index in [0.29, 0.717) is 20.1 Å². The fourth-order valence-corrected chi connectivity index (χ4v) is 3.28. The molecule has 0 spiro atoms. The number of nitrogens with one attached hydrogen (secondary N) is 1. The van der Waals surface area contributed by atoms with Crippen molar-refractivity contribution in [2.24, 2.45) is 0 Å². The number of hydrogen-bond donors (Lipinski definition) is 2. The molecule has 0 unspecified atom stereocenters. The number of carboxylic acid groups (broad SMARTS) is 1. The van der Waals surface area contributed by atoms with Gasteiger partial charge in [-0.2, -0.15) is 0 Å². The molecule has 23 heavy (non-hydrogen) atoms. The third-order valence-electron chi connectivity index (χ3n) is 3.08. The molecule has 0 heterocycles. The molecule has 2 rings (SSSR count). The number of benzene rings is 2. The molecule has 0 aliphatic carbocycles. The number of rotatable bonds is 5. The van der Waals surface area contributed by atoms with Crippen LogP contribution in [-0.2, 0) is 11.2 Å². The minimum absolute atomic E-state index is 0.0660. The van der Waals surface area contributed by atoms with E-state index < -0.39 is 23.7 Å². The first-order valence-electron chi connectivity index (χ1n) is 6.59. The van der Waals surface area contributed by atoms with Crippen LogP contribution in [0.25, 0.3) is 0 Å². The smallest absolute Gasteiger partial charge is 0.326 e. The van der Waals surface area contributed by atoms with E-state index in [1.165, 1.54) is 24.3 Å². The Hall–Kier alpha value is -1.73. The van der Waals surface area contributed by atoms with Crippen molar-refractivity contribution in [2.75, 3.05) is 0 Å². The lowest BCUT2D eigenvalue weighted by molar-refractivity contribution is -0.139. The van der Waals surface area contributed by atoms with Gasteiger partial charge in [0.25, 0.3) is 5.91 Å². The summed E-state index contributed by atoms with van der Waals surface area (Å²) in [5, 5.41) is 11.8. The van der Waals surface area contributed by atoms with E-state index in [0.717, 1.165) is 0 Å². The Bertz CT molecular complexity index is 714. The summed E-state index contributed by atoms with van der Waals surface area (Å²) in [7, 11) is 0. The normalized spacial score (nSPS) is 11.8. The molecule has 0 fully saturated rings. The standard InChI is InChI=1S/C16H12Br2FNO3/c17-11-6-10(7-12(18)8-11)15(21)20-14(16(22)23)5-9-1-3-13(19)4-2-9/h1-4,6-8,14H,5H2,(H,20,21)(H,22,23)/t14-/m0/s1. The highest BCUT2D eigenvalue weighted by Crippen LogP contribution is 2.20. The lowest BCUT2D eigenvalue weighted by atomic mass is 10.1. The maximum absolute atomic E-state index is 12.9. The van der Waals surface area contributed by atoms with Crippen LogP contribution in [0.1, 0.15) is 15.9 Å². The van der Waals surface area contributed by atoms with E-state index in [4.69, 9.17) is 0 Å². The van der Waals surface area contributed by atoms with Gasteiger partial charge in [0, 0.05) is 20.9 Å². The number of carbonyl (C=O) groups excluding carboxylic acids is 1. The third kappa shape index (κ3) is 5.14. The minimum atomic E-state index is -1.16. The molecule has 0 saturated carbocycles. The molecule has 0 bridgehead atoms. The van der Waals surface area contributed by atoms with Crippen LogP contribution < -0.4 is 5.32 Å². The van der Waals surface area contributed by atoms with Crippen molar-refractivity contribution in [1.29, 1.82) is 0 Å². The summed E-state index contributed by atoms with van der Waals surface area (Å²) in [4.78, 5) is 23.6. The Labute approximate surface area is 149 Å². The van der Waals surface area contributed by atoms with Crippen molar-refractivity contribution in [3.63, 3.8) is 0 Å². The topological polar surface area (TPSA) is 66.4 Å². The van der Waals surface area contributed by atoms with Crippen LogP contribution in [0.2, 0.25) is 0 Å².